The number of allylic oxidation sites excluding steroid dienone is 1. The van der Waals surface area contributed by atoms with Crippen LogP contribution >= 0.6 is 11.8 Å². The second-order valence-corrected chi connectivity index (χ2v) is 6.13. The van der Waals surface area contributed by atoms with E-state index >= 15 is 0 Å². The van der Waals surface area contributed by atoms with E-state index in [0.717, 1.165) is 27.6 Å². The van der Waals surface area contributed by atoms with E-state index in [1.807, 2.05) is 18.5 Å². The van der Waals surface area contributed by atoms with E-state index < -0.39 is 5.97 Å². The highest BCUT2D eigenvalue weighted by Crippen LogP contribution is 2.29. The molecule has 0 bridgehead atoms. The van der Waals surface area contributed by atoms with Crippen LogP contribution < -0.4 is 5.43 Å². The van der Waals surface area contributed by atoms with Crippen molar-refractivity contribution in [2.75, 3.05) is 13.4 Å². The van der Waals surface area contributed by atoms with E-state index in [2.05, 4.69) is 15.1 Å². The largest absolute Gasteiger partial charge is 0.465 e. The Hall–Kier alpha value is -2.84. The Morgan fingerprint density at radius 2 is 2.12 bits per heavy atom. The maximum Gasteiger partial charge on any atom is 0.337 e. The van der Waals surface area contributed by atoms with E-state index in [9.17, 15) is 4.79 Å². The highest BCUT2D eigenvalue weighted by Gasteiger charge is 2.18. The molecule has 1 aliphatic heterocycles. The highest BCUT2D eigenvalue weighted by molar-refractivity contribution is 7.98. The number of fused-ring (bicyclic) bond motifs is 3. The number of rotatable bonds is 3. The van der Waals surface area contributed by atoms with Gasteiger partial charge in [0, 0.05) is 17.0 Å². The van der Waals surface area contributed by atoms with Crippen molar-refractivity contribution in [3.8, 4) is 0 Å². The molecule has 3 aromatic rings. The molecular weight excluding hydrogens is 338 g/mol. The lowest BCUT2D eigenvalue weighted by atomic mass is 10.0. The number of pyridine rings is 1. The summed E-state index contributed by atoms with van der Waals surface area (Å²) in [7, 11) is 1.36. The van der Waals surface area contributed by atoms with Gasteiger partial charge in [0.05, 0.1) is 30.0 Å². The summed E-state index contributed by atoms with van der Waals surface area (Å²) < 4.78 is 4.80. The standard InChI is InChI=1S/C17H13N5O2S/c1-24-16(23)9-3-4-11-12-8-18-17(25-2)22-15(12)14(21-13(11)5-9)10-6-19-20-7-10/h3-8H,1-2H3,(H,19,20)/p+1. The number of quaternary nitrogens is 1. The van der Waals surface area contributed by atoms with Crippen LogP contribution in [0.25, 0.3) is 27.4 Å². The zero-order chi connectivity index (χ0) is 17.4. The van der Waals surface area contributed by atoms with Gasteiger partial charge in [0.25, 0.3) is 0 Å². The van der Waals surface area contributed by atoms with E-state index in [-0.39, 0.29) is 0 Å². The maximum absolute atomic E-state index is 11.8. The van der Waals surface area contributed by atoms with Crippen molar-refractivity contribution in [2.24, 2.45) is 5.10 Å². The van der Waals surface area contributed by atoms with Crippen LogP contribution in [-0.2, 0) is 4.74 Å². The van der Waals surface area contributed by atoms with Crippen LogP contribution in [-0.4, -0.2) is 40.5 Å². The van der Waals surface area contributed by atoms with Gasteiger partial charge in [-0.15, -0.1) is 0 Å². The third-order valence-corrected chi connectivity index (χ3v) is 4.50. The van der Waals surface area contributed by atoms with Crippen molar-refractivity contribution in [3.63, 3.8) is 0 Å². The number of carbonyl (C=O) groups is 1. The monoisotopic (exact) mass is 352 g/mol. The minimum absolute atomic E-state index is 0.394. The zero-order valence-electron chi connectivity index (χ0n) is 13.6. The Labute approximate surface area is 147 Å². The van der Waals surface area contributed by atoms with Gasteiger partial charge in [-0.1, -0.05) is 22.9 Å². The summed E-state index contributed by atoms with van der Waals surface area (Å²) in [5.41, 5.74) is 5.22. The summed E-state index contributed by atoms with van der Waals surface area (Å²) in [5.74, 6) is -0.394. The minimum Gasteiger partial charge on any atom is -0.465 e. The van der Waals surface area contributed by atoms with Crippen LogP contribution in [0, 0.1) is 0 Å². The smallest absolute Gasteiger partial charge is 0.337 e. The molecule has 0 fully saturated rings. The molecule has 0 aliphatic carbocycles. The van der Waals surface area contributed by atoms with Crippen molar-refractivity contribution in [2.45, 2.75) is 5.16 Å². The van der Waals surface area contributed by atoms with Gasteiger partial charge in [-0.2, -0.15) is 5.43 Å². The summed E-state index contributed by atoms with van der Waals surface area (Å²) in [5, 5.41) is 6.58. The SMILES string of the molecule is COC(=O)c1ccc2c(c1)nc(C1=C[NH2+]N=C1)c1nc(SC)ncc12. The lowest BCUT2D eigenvalue weighted by Gasteiger charge is -2.09. The Morgan fingerprint density at radius 3 is 2.84 bits per heavy atom. The number of hydrogen-bond donors (Lipinski definition) is 1. The number of aromatic nitrogens is 3. The normalized spacial score (nSPS) is 13.4. The second-order valence-electron chi connectivity index (χ2n) is 5.35. The maximum atomic E-state index is 11.8. The second kappa shape index (κ2) is 6.23. The van der Waals surface area contributed by atoms with Gasteiger partial charge in [0.15, 0.2) is 5.16 Å². The van der Waals surface area contributed by atoms with Gasteiger partial charge >= 0.3 is 5.97 Å². The first-order valence-electron chi connectivity index (χ1n) is 7.51. The molecule has 2 N–H and O–H groups in total. The summed E-state index contributed by atoms with van der Waals surface area (Å²) in [6.45, 7) is 0. The number of benzene rings is 1. The number of ether oxygens (including phenoxy) is 1. The van der Waals surface area contributed by atoms with Crippen LogP contribution in [0.1, 0.15) is 16.1 Å². The summed E-state index contributed by atoms with van der Waals surface area (Å²) in [4.78, 5) is 25.6. The average molecular weight is 352 g/mol. The van der Waals surface area contributed by atoms with E-state index in [4.69, 9.17) is 9.72 Å². The molecule has 2 aromatic heterocycles. The van der Waals surface area contributed by atoms with Crippen LogP contribution in [0.4, 0.5) is 0 Å². The molecule has 1 aliphatic rings. The van der Waals surface area contributed by atoms with E-state index in [0.29, 0.717) is 16.2 Å². The first-order chi connectivity index (χ1) is 12.2. The molecule has 0 atom stereocenters. The Bertz CT molecular complexity index is 1080. The average Bonchev–Trinajstić information content (AvgIpc) is 3.20. The molecule has 25 heavy (non-hydrogen) atoms. The molecule has 124 valence electrons. The quantitative estimate of drug-likeness (QED) is 0.253. The number of nitrogens with two attached hydrogens (primary N) is 1. The highest BCUT2D eigenvalue weighted by atomic mass is 32.2. The lowest BCUT2D eigenvalue weighted by Crippen LogP contribution is -2.69. The van der Waals surface area contributed by atoms with Crippen molar-refractivity contribution in [1.29, 1.82) is 0 Å². The number of thioether (sulfide) groups is 1. The number of carbonyl (C=O) groups excluding carboxylic acids is 1. The van der Waals surface area contributed by atoms with Gasteiger partial charge in [-0.25, -0.2) is 19.7 Å². The van der Waals surface area contributed by atoms with Gasteiger partial charge in [0.1, 0.15) is 17.4 Å². The van der Waals surface area contributed by atoms with Crippen molar-refractivity contribution in [3.05, 3.63) is 41.9 Å². The summed E-state index contributed by atoms with van der Waals surface area (Å²) in [6, 6.07) is 5.30. The molecule has 1 aromatic carbocycles. The van der Waals surface area contributed by atoms with Crippen LogP contribution in [0.5, 0.6) is 0 Å². The van der Waals surface area contributed by atoms with Crippen LogP contribution in [0.15, 0.2) is 40.9 Å². The number of nitrogens with zero attached hydrogens (tertiary/aromatic N) is 4. The molecule has 0 spiro atoms. The van der Waals surface area contributed by atoms with Gasteiger partial charge < -0.3 is 4.74 Å². The summed E-state index contributed by atoms with van der Waals surface area (Å²) >= 11 is 1.48. The Balaban J connectivity index is 2.06. The van der Waals surface area contributed by atoms with Crippen LogP contribution in [0.2, 0.25) is 0 Å². The summed E-state index contributed by atoms with van der Waals surface area (Å²) in [6.07, 6.45) is 7.37. The molecular formula is C17H14N5O2S+. The molecule has 0 saturated heterocycles. The lowest BCUT2D eigenvalue weighted by molar-refractivity contribution is -0.589. The first kappa shape index (κ1) is 15.7. The van der Waals surface area contributed by atoms with Crippen molar-refractivity contribution < 1.29 is 15.0 Å². The fourth-order valence-electron chi connectivity index (χ4n) is 2.74. The molecule has 0 amide bonds. The van der Waals surface area contributed by atoms with E-state index in [1.165, 1.54) is 18.9 Å². The molecule has 7 nitrogen and oxygen atoms in total. The number of methoxy groups -OCH3 is 1. The van der Waals surface area contributed by atoms with Crippen molar-refractivity contribution in [1.82, 2.24) is 15.0 Å². The Morgan fingerprint density at radius 1 is 1.24 bits per heavy atom. The fourth-order valence-corrected chi connectivity index (χ4v) is 3.08. The molecule has 0 radical (unpaired) electrons. The van der Waals surface area contributed by atoms with Crippen LogP contribution in [0.3, 0.4) is 0 Å². The molecule has 4 rings (SSSR count). The molecule has 0 unspecified atom stereocenters. The Kier molecular flexibility index (Phi) is 3.90. The predicted octanol–water partition coefficient (Wildman–Crippen LogP) is 1.59. The van der Waals surface area contributed by atoms with Gasteiger partial charge in [0.2, 0.25) is 0 Å². The van der Waals surface area contributed by atoms with Gasteiger partial charge in [-0.05, 0) is 18.4 Å². The predicted molar refractivity (Wildman–Crippen MR) is 96.4 cm³/mol. The fraction of sp³-hybridized carbons (Fsp3) is 0.118. The third kappa shape index (κ3) is 2.65. The molecule has 3 heterocycles. The van der Waals surface area contributed by atoms with E-state index in [1.54, 1.807) is 30.0 Å². The van der Waals surface area contributed by atoms with Crippen molar-refractivity contribution >= 4 is 51.3 Å². The minimum atomic E-state index is -0.394. The molecule has 0 saturated carbocycles. The topological polar surface area (TPSA) is 93.9 Å². The van der Waals surface area contributed by atoms with Gasteiger partial charge in [-0.3, -0.25) is 0 Å². The number of hydrogen-bond acceptors (Lipinski definition) is 7. The zero-order valence-corrected chi connectivity index (χ0v) is 14.4. The number of esters is 1. The third-order valence-electron chi connectivity index (χ3n) is 3.94. The molecule has 8 heteroatoms. The first-order valence-corrected chi connectivity index (χ1v) is 8.73.